The monoisotopic (exact) mass is 284 g/mol. The van der Waals surface area contributed by atoms with Crippen LogP contribution in [-0.2, 0) is 4.74 Å². The highest BCUT2D eigenvalue weighted by Gasteiger charge is 2.37. The number of rotatable bonds is 6. The smallest absolute Gasteiger partial charge is 0.0736 e. The molecule has 0 heterocycles. The van der Waals surface area contributed by atoms with E-state index < -0.39 is 0 Å². The summed E-state index contributed by atoms with van der Waals surface area (Å²) in [7, 11) is 3.81. The zero-order valence-electron chi connectivity index (χ0n) is 12.5. The van der Waals surface area contributed by atoms with Gasteiger partial charge in [0.05, 0.1) is 11.6 Å². The quantitative estimate of drug-likeness (QED) is 0.872. The normalized spacial score (nSPS) is 18.1. The summed E-state index contributed by atoms with van der Waals surface area (Å²) in [5.74, 6) is 0. The number of methoxy groups -OCH3 is 1. The molecule has 2 N–H and O–H groups in total. The topological polar surface area (TPSA) is 38.5 Å². The lowest BCUT2D eigenvalue weighted by molar-refractivity contribution is -0.0353. The summed E-state index contributed by atoms with van der Waals surface area (Å²) in [6.45, 7) is 6.89. The van der Waals surface area contributed by atoms with Crippen molar-refractivity contribution >= 4 is 11.6 Å². The van der Waals surface area contributed by atoms with Crippen LogP contribution in [-0.4, -0.2) is 37.2 Å². The Bertz CT molecular complexity index is 396. The van der Waals surface area contributed by atoms with E-state index in [0.717, 1.165) is 5.02 Å². The summed E-state index contributed by atoms with van der Waals surface area (Å²) in [4.78, 5) is 2.27. The first-order chi connectivity index (χ1) is 8.86. The fourth-order valence-corrected chi connectivity index (χ4v) is 2.38. The molecule has 3 nitrogen and oxygen atoms in total. The number of halogens is 1. The van der Waals surface area contributed by atoms with Crippen molar-refractivity contribution in [2.45, 2.75) is 38.5 Å². The molecule has 1 rings (SSSR count). The molecule has 0 aliphatic rings. The third-order valence-corrected chi connectivity index (χ3v) is 4.63. The third-order valence-electron chi connectivity index (χ3n) is 4.38. The fourth-order valence-electron chi connectivity index (χ4n) is 2.26. The first-order valence-corrected chi connectivity index (χ1v) is 6.96. The number of likely N-dealkylation sites (N-methyl/N-ethyl adjacent to an activating group) is 1. The van der Waals surface area contributed by atoms with E-state index in [1.54, 1.807) is 7.11 Å². The molecule has 108 valence electrons. The van der Waals surface area contributed by atoms with Crippen molar-refractivity contribution in [3.63, 3.8) is 0 Å². The first kappa shape index (κ1) is 16.4. The van der Waals surface area contributed by atoms with E-state index in [1.807, 2.05) is 12.1 Å². The molecule has 0 spiro atoms. The number of benzene rings is 1. The van der Waals surface area contributed by atoms with Crippen molar-refractivity contribution in [2.24, 2.45) is 5.73 Å². The summed E-state index contributed by atoms with van der Waals surface area (Å²) in [6.07, 6.45) is 0.0530. The molecule has 0 saturated heterocycles. The van der Waals surface area contributed by atoms with Gasteiger partial charge in [-0.25, -0.2) is 0 Å². The Morgan fingerprint density at radius 2 is 1.84 bits per heavy atom. The number of nitrogens with zero attached hydrogens (tertiary/aromatic N) is 1. The zero-order chi connectivity index (χ0) is 14.6. The molecule has 0 aliphatic heterocycles. The predicted octanol–water partition coefficient (Wildman–Crippen LogP) is 3.09. The van der Waals surface area contributed by atoms with Crippen LogP contribution in [0.2, 0.25) is 5.02 Å². The van der Waals surface area contributed by atoms with Gasteiger partial charge in [-0.05, 0) is 45.5 Å². The molecule has 0 aromatic heterocycles. The highest BCUT2D eigenvalue weighted by atomic mass is 35.5. The van der Waals surface area contributed by atoms with Gasteiger partial charge in [0.2, 0.25) is 0 Å². The maximum Gasteiger partial charge on any atom is 0.0736 e. The zero-order valence-corrected chi connectivity index (χ0v) is 13.2. The highest BCUT2D eigenvalue weighted by Crippen LogP contribution is 2.29. The third kappa shape index (κ3) is 3.48. The molecule has 3 atom stereocenters. The molecule has 1 aromatic carbocycles. The van der Waals surface area contributed by atoms with Crippen LogP contribution in [0.5, 0.6) is 0 Å². The maximum absolute atomic E-state index is 5.98. The minimum Gasteiger partial charge on any atom is -0.380 e. The summed E-state index contributed by atoms with van der Waals surface area (Å²) in [6, 6.07) is 8.18. The fraction of sp³-hybridized carbons (Fsp3) is 0.600. The van der Waals surface area contributed by atoms with E-state index in [1.165, 1.54) is 5.56 Å². The standard InChI is InChI=1S/C15H25ClN2O/c1-11(13-6-8-14(16)9-7-13)18(4)15(3,10-17)12(2)19-5/h6-9,11-12H,10,17H2,1-5H3. The summed E-state index contributed by atoms with van der Waals surface area (Å²) in [5.41, 5.74) is 6.98. The molecular formula is C15H25ClN2O. The minimum absolute atomic E-state index is 0.0530. The van der Waals surface area contributed by atoms with Crippen molar-refractivity contribution in [1.29, 1.82) is 0 Å². The van der Waals surface area contributed by atoms with Gasteiger partial charge in [-0.1, -0.05) is 23.7 Å². The highest BCUT2D eigenvalue weighted by molar-refractivity contribution is 6.30. The van der Waals surface area contributed by atoms with Crippen LogP contribution in [0, 0.1) is 0 Å². The lowest BCUT2D eigenvalue weighted by atomic mass is 9.91. The van der Waals surface area contributed by atoms with Crippen LogP contribution < -0.4 is 5.73 Å². The van der Waals surface area contributed by atoms with E-state index in [2.05, 4.69) is 44.9 Å². The molecule has 0 fully saturated rings. The van der Waals surface area contributed by atoms with Crippen LogP contribution in [0.3, 0.4) is 0 Å². The molecule has 0 saturated carbocycles. The van der Waals surface area contributed by atoms with Crippen LogP contribution >= 0.6 is 11.6 Å². The molecule has 0 bridgehead atoms. The van der Waals surface area contributed by atoms with Crippen molar-refractivity contribution < 1.29 is 4.74 Å². The molecule has 4 heteroatoms. The average molecular weight is 285 g/mol. The van der Waals surface area contributed by atoms with Gasteiger partial charge >= 0.3 is 0 Å². The van der Waals surface area contributed by atoms with Crippen LogP contribution in [0.4, 0.5) is 0 Å². The van der Waals surface area contributed by atoms with Gasteiger partial charge in [0.25, 0.3) is 0 Å². The molecule has 19 heavy (non-hydrogen) atoms. The number of hydrogen-bond donors (Lipinski definition) is 1. The Labute approximate surface area is 121 Å². The second kappa shape index (κ2) is 6.71. The van der Waals surface area contributed by atoms with Crippen LogP contribution in [0.1, 0.15) is 32.4 Å². The SMILES string of the molecule is COC(C)C(C)(CN)N(C)C(C)c1ccc(Cl)cc1. The van der Waals surface area contributed by atoms with Gasteiger partial charge in [0.1, 0.15) is 0 Å². The Kier molecular flexibility index (Phi) is 5.81. The van der Waals surface area contributed by atoms with E-state index in [0.29, 0.717) is 6.54 Å². The summed E-state index contributed by atoms with van der Waals surface area (Å²) < 4.78 is 5.49. The molecule has 0 radical (unpaired) electrons. The summed E-state index contributed by atoms with van der Waals surface area (Å²) >= 11 is 5.93. The molecule has 0 amide bonds. The van der Waals surface area contributed by atoms with Crippen LogP contribution in [0.25, 0.3) is 0 Å². The Hall–Kier alpha value is -0.610. The first-order valence-electron chi connectivity index (χ1n) is 6.58. The van der Waals surface area contributed by atoms with Gasteiger partial charge in [0.15, 0.2) is 0 Å². The molecule has 3 unspecified atom stereocenters. The van der Waals surface area contributed by atoms with Crippen molar-refractivity contribution in [3.8, 4) is 0 Å². The van der Waals surface area contributed by atoms with Gasteiger partial charge in [-0.2, -0.15) is 0 Å². The largest absolute Gasteiger partial charge is 0.380 e. The average Bonchev–Trinajstić information content (AvgIpc) is 2.44. The Balaban J connectivity index is 2.97. The summed E-state index contributed by atoms with van der Waals surface area (Å²) in [5, 5.41) is 0.755. The van der Waals surface area contributed by atoms with Crippen molar-refractivity contribution in [1.82, 2.24) is 4.90 Å². The number of ether oxygens (including phenoxy) is 1. The van der Waals surface area contributed by atoms with E-state index in [9.17, 15) is 0 Å². The second-order valence-corrected chi connectivity index (χ2v) is 5.71. The van der Waals surface area contributed by atoms with E-state index in [4.69, 9.17) is 22.1 Å². The van der Waals surface area contributed by atoms with E-state index in [-0.39, 0.29) is 17.7 Å². The lowest BCUT2D eigenvalue weighted by Gasteiger charge is -2.45. The van der Waals surface area contributed by atoms with Gasteiger partial charge < -0.3 is 10.5 Å². The number of nitrogens with two attached hydrogens (primary N) is 1. The van der Waals surface area contributed by atoms with Crippen molar-refractivity contribution in [2.75, 3.05) is 20.7 Å². The minimum atomic E-state index is -0.214. The van der Waals surface area contributed by atoms with Crippen LogP contribution in [0.15, 0.2) is 24.3 Å². The Morgan fingerprint density at radius 1 is 1.32 bits per heavy atom. The lowest BCUT2D eigenvalue weighted by Crippen LogP contribution is -2.57. The van der Waals surface area contributed by atoms with Gasteiger partial charge in [-0.3, -0.25) is 4.90 Å². The Morgan fingerprint density at radius 3 is 2.26 bits per heavy atom. The molecular weight excluding hydrogens is 260 g/mol. The molecule has 1 aromatic rings. The molecule has 0 aliphatic carbocycles. The number of hydrogen-bond acceptors (Lipinski definition) is 3. The maximum atomic E-state index is 5.98. The predicted molar refractivity (Wildman–Crippen MR) is 81.6 cm³/mol. The second-order valence-electron chi connectivity index (χ2n) is 5.28. The van der Waals surface area contributed by atoms with Gasteiger partial charge in [-0.15, -0.1) is 0 Å². The van der Waals surface area contributed by atoms with E-state index >= 15 is 0 Å². The van der Waals surface area contributed by atoms with Gasteiger partial charge in [0, 0.05) is 24.7 Å². The van der Waals surface area contributed by atoms with Crippen molar-refractivity contribution in [3.05, 3.63) is 34.9 Å².